The summed E-state index contributed by atoms with van der Waals surface area (Å²) < 4.78 is 7.71. The van der Waals surface area contributed by atoms with Crippen molar-refractivity contribution in [2.24, 2.45) is 0 Å². The van der Waals surface area contributed by atoms with Crippen LogP contribution < -0.4 is 0 Å². The largest absolute Gasteiger partial charge is 0.366 e. The molecule has 7 heteroatoms. The van der Waals surface area contributed by atoms with Crippen molar-refractivity contribution in [3.63, 3.8) is 0 Å². The summed E-state index contributed by atoms with van der Waals surface area (Å²) in [7, 11) is 0. The molecule has 122 valence electrons. The first-order chi connectivity index (χ1) is 11.1. The highest BCUT2D eigenvalue weighted by atomic mass is 35.5. The van der Waals surface area contributed by atoms with E-state index >= 15 is 0 Å². The number of halogens is 1. The molecule has 1 fully saturated rings. The van der Waals surface area contributed by atoms with Crippen molar-refractivity contribution < 1.29 is 9.53 Å². The van der Waals surface area contributed by atoms with Crippen molar-refractivity contribution in [1.29, 1.82) is 0 Å². The quantitative estimate of drug-likeness (QED) is 0.865. The van der Waals surface area contributed by atoms with Crippen LogP contribution in [0.1, 0.15) is 34.8 Å². The zero-order valence-electron chi connectivity index (χ0n) is 13.2. The fraction of sp³-hybridized carbons (Fsp3) is 0.438. The van der Waals surface area contributed by atoms with Gasteiger partial charge in [-0.05, 0) is 25.5 Å². The maximum absolute atomic E-state index is 12.8. The van der Waals surface area contributed by atoms with Crippen molar-refractivity contribution in [2.75, 3.05) is 19.7 Å². The number of aromatic nitrogens is 3. The molecule has 3 rings (SSSR count). The number of carbonyl (C=O) groups is 1. The van der Waals surface area contributed by atoms with Gasteiger partial charge in [-0.1, -0.05) is 23.7 Å². The number of rotatable bonds is 3. The molecule has 0 saturated carbocycles. The lowest BCUT2D eigenvalue weighted by Gasteiger charge is -2.32. The summed E-state index contributed by atoms with van der Waals surface area (Å²) in [5.41, 5.74) is 1.43. The van der Waals surface area contributed by atoms with E-state index in [2.05, 4.69) is 10.2 Å². The van der Waals surface area contributed by atoms with E-state index in [4.69, 9.17) is 16.3 Å². The van der Waals surface area contributed by atoms with Gasteiger partial charge in [0.25, 0.3) is 5.91 Å². The summed E-state index contributed by atoms with van der Waals surface area (Å²) in [6.07, 6.45) is 1.41. The zero-order chi connectivity index (χ0) is 16.4. The number of carbonyl (C=O) groups excluding carboxylic acids is 1. The molecule has 0 N–H and O–H groups in total. The Morgan fingerprint density at radius 2 is 2.30 bits per heavy atom. The van der Waals surface area contributed by atoms with Crippen LogP contribution in [0.15, 0.2) is 24.5 Å². The second-order valence-electron chi connectivity index (χ2n) is 5.52. The lowest BCUT2D eigenvalue weighted by atomic mass is 10.1. The average molecular weight is 335 g/mol. The van der Waals surface area contributed by atoms with Gasteiger partial charge in [0.1, 0.15) is 12.4 Å². The van der Waals surface area contributed by atoms with Gasteiger partial charge >= 0.3 is 0 Å². The van der Waals surface area contributed by atoms with E-state index in [1.54, 1.807) is 17.3 Å². The predicted molar refractivity (Wildman–Crippen MR) is 86.5 cm³/mol. The molecule has 1 aliphatic rings. The summed E-state index contributed by atoms with van der Waals surface area (Å²) in [5.74, 6) is 0.676. The molecule has 0 spiro atoms. The Kier molecular flexibility index (Phi) is 4.63. The molecule has 0 aliphatic carbocycles. The van der Waals surface area contributed by atoms with Crippen LogP contribution in [0.25, 0.3) is 0 Å². The number of hydrogen-bond acceptors (Lipinski definition) is 4. The fourth-order valence-electron chi connectivity index (χ4n) is 2.73. The molecule has 1 aromatic heterocycles. The summed E-state index contributed by atoms with van der Waals surface area (Å²) in [4.78, 5) is 14.6. The number of ether oxygens (including phenoxy) is 1. The van der Waals surface area contributed by atoms with Gasteiger partial charge in [-0.15, -0.1) is 10.2 Å². The Labute approximate surface area is 140 Å². The van der Waals surface area contributed by atoms with E-state index < -0.39 is 0 Å². The maximum atomic E-state index is 12.8. The second-order valence-corrected chi connectivity index (χ2v) is 5.90. The van der Waals surface area contributed by atoms with Crippen molar-refractivity contribution in [3.05, 3.63) is 46.5 Å². The molecule has 2 heterocycles. The van der Waals surface area contributed by atoms with Gasteiger partial charge in [-0.25, -0.2) is 0 Å². The summed E-state index contributed by atoms with van der Waals surface area (Å²) in [5, 5.41) is 8.57. The molecule has 6 nitrogen and oxygen atoms in total. The summed E-state index contributed by atoms with van der Waals surface area (Å²) in [6, 6.07) is 5.50. The molecular weight excluding hydrogens is 316 g/mol. The van der Waals surface area contributed by atoms with Crippen LogP contribution in [0.2, 0.25) is 5.02 Å². The first-order valence-electron chi connectivity index (χ1n) is 7.65. The third kappa shape index (κ3) is 3.09. The van der Waals surface area contributed by atoms with Gasteiger partial charge in [0.2, 0.25) is 0 Å². The third-order valence-electron chi connectivity index (χ3n) is 4.05. The number of amides is 1. The molecule has 1 saturated heterocycles. The topological polar surface area (TPSA) is 60.2 Å². The summed E-state index contributed by atoms with van der Waals surface area (Å²) >= 11 is 6.29. The van der Waals surface area contributed by atoms with E-state index in [9.17, 15) is 4.79 Å². The number of nitrogens with zero attached hydrogens (tertiary/aromatic N) is 4. The van der Waals surface area contributed by atoms with E-state index in [1.807, 2.05) is 30.5 Å². The van der Waals surface area contributed by atoms with E-state index in [0.717, 1.165) is 17.9 Å². The van der Waals surface area contributed by atoms with E-state index in [0.29, 0.717) is 30.3 Å². The van der Waals surface area contributed by atoms with Crippen LogP contribution in [-0.2, 0) is 11.3 Å². The fourth-order valence-corrected chi connectivity index (χ4v) is 2.94. The van der Waals surface area contributed by atoms with Gasteiger partial charge in [-0.2, -0.15) is 0 Å². The normalized spacial score (nSPS) is 18.2. The van der Waals surface area contributed by atoms with Gasteiger partial charge in [-0.3, -0.25) is 4.79 Å². The van der Waals surface area contributed by atoms with Crippen molar-refractivity contribution >= 4 is 17.5 Å². The van der Waals surface area contributed by atoms with Gasteiger partial charge in [0, 0.05) is 13.1 Å². The zero-order valence-corrected chi connectivity index (χ0v) is 14.0. The average Bonchev–Trinajstić information content (AvgIpc) is 3.05. The monoisotopic (exact) mass is 334 g/mol. The maximum Gasteiger partial charge on any atom is 0.255 e. The van der Waals surface area contributed by atoms with Crippen LogP contribution in [0.4, 0.5) is 0 Å². The van der Waals surface area contributed by atoms with E-state index in [-0.39, 0.29) is 12.0 Å². The molecule has 23 heavy (non-hydrogen) atoms. The lowest BCUT2D eigenvalue weighted by Crippen LogP contribution is -2.43. The molecule has 0 unspecified atom stereocenters. The number of aryl methyl sites for hydroxylation is 2. The minimum absolute atomic E-state index is 0.0745. The van der Waals surface area contributed by atoms with Gasteiger partial charge < -0.3 is 14.2 Å². The number of benzene rings is 1. The molecule has 1 atom stereocenters. The first-order valence-corrected chi connectivity index (χ1v) is 8.03. The Hall–Kier alpha value is -1.92. The molecule has 0 bridgehead atoms. The smallest absolute Gasteiger partial charge is 0.255 e. The third-order valence-corrected chi connectivity index (χ3v) is 4.55. The highest BCUT2D eigenvalue weighted by Gasteiger charge is 2.29. The van der Waals surface area contributed by atoms with Crippen LogP contribution in [-0.4, -0.2) is 45.3 Å². The van der Waals surface area contributed by atoms with Crippen molar-refractivity contribution in [2.45, 2.75) is 26.5 Å². The Morgan fingerprint density at radius 3 is 3.09 bits per heavy atom. The molecule has 2 aromatic rings. The highest BCUT2D eigenvalue weighted by molar-refractivity contribution is 6.34. The second kappa shape index (κ2) is 6.68. The van der Waals surface area contributed by atoms with Crippen molar-refractivity contribution in [1.82, 2.24) is 19.7 Å². The van der Waals surface area contributed by atoms with Crippen LogP contribution in [0, 0.1) is 6.92 Å². The van der Waals surface area contributed by atoms with Gasteiger partial charge in [0.05, 0.1) is 23.7 Å². The minimum Gasteiger partial charge on any atom is -0.366 e. The first kappa shape index (κ1) is 16.0. The molecular formula is C16H19ClN4O2. The minimum atomic E-state index is -0.265. The number of morpholine rings is 1. The summed E-state index contributed by atoms with van der Waals surface area (Å²) in [6.45, 7) is 6.13. The standard InChI is InChI=1S/C16H19ClN4O2/c1-3-20-10-18-19-15(20)13-9-21(7-8-23-13)16(22)12-6-4-5-11(2)14(12)17/h4-6,10,13H,3,7-9H2,1-2H3/t13-/m0/s1. The Balaban J connectivity index is 1.81. The molecule has 0 radical (unpaired) electrons. The van der Waals surface area contributed by atoms with Gasteiger partial charge in [0.15, 0.2) is 5.82 Å². The Bertz CT molecular complexity index is 716. The van der Waals surface area contributed by atoms with Crippen LogP contribution in [0.3, 0.4) is 0 Å². The predicted octanol–water partition coefficient (Wildman–Crippen LogP) is 2.47. The van der Waals surface area contributed by atoms with Crippen molar-refractivity contribution in [3.8, 4) is 0 Å². The van der Waals surface area contributed by atoms with Crippen LogP contribution >= 0.6 is 11.6 Å². The molecule has 1 amide bonds. The Morgan fingerprint density at radius 1 is 1.48 bits per heavy atom. The SMILES string of the molecule is CCn1cnnc1[C@@H]1CN(C(=O)c2cccc(C)c2Cl)CCO1. The van der Waals surface area contributed by atoms with E-state index in [1.165, 1.54) is 0 Å². The number of hydrogen-bond donors (Lipinski definition) is 0. The highest BCUT2D eigenvalue weighted by Crippen LogP contribution is 2.25. The molecule has 1 aliphatic heterocycles. The van der Waals surface area contributed by atoms with Crippen LogP contribution in [0.5, 0.6) is 0 Å². The lowest BCUT2D eigenvalue weighted by molar-refractivity contribution is -0.0283. The molecule has 1 aromatic carbocycles.